The molecule has 0 N–H and O–H groups in total. The molecule has 3 nitrogen and oxygen atoms in total. The largest absolute Gasteiger partial charge is 0.768 e. The minimum absolute atomic E-state index is 0.0163. The van der Waals surface area contributed by atoms with Crippen molar-refractivity contribution >= 4 is 11.1 Å². The van der Waals surface area contributed by atoms with Crippen LogP contribution in [0.5, 0.6) is 0 Å². The third-order valence-corrected chi connectivity index (χ3v) is 3.77. The molecule has 0 radical (unpaired) electrons. The highest BCUT2D eigenvalue weighted by atomic mass is 32.2. The fourth-order valence-corrected chi connectivity index (χ4v) is 1.87. The van der Waals surface area contributed by atoms with E-state index in [9.17, 15) is 8.76 Å². The molecule has 0 saturated heterocycles. The van der Waals surface area contributed by atoms with E-state index >= 15 is 0 Å². The smallest absolute Gasteiger partial charge is 0.0435 e. The molecule has 0 spiro atoms. The topological polar surface area (TPSA) is 53.0 Å². The Morgan fingerprint density at radius 2 is 2.00 bits per heavy atom. The van der Waals surface area contributed by atoms with Crippen LogP contribution in [0.15, 0.2) is 23.4 Å². The van der Waals surface area contributed by atoms with Crippen LogP contribution in [0.1, 0.15) is 39.2 Å². The highest BCUT2D eigenvalue weighted by Gasteiger charge is 2.22. The summed E-state index contributed by atoms with van der Waals surface area (Å²) in [5, 5.41) is 0. The fourth-order valence-electron chi connectivity index (χ4n) is 1.50. The van der Waals surface area contributed by atoms with Crippen molar-refractivity contribution < 1.29 is 8.76 Å². The van der Waals surface area contributed by atoms with E-state index in [0.717, 1.165) is 18.4 Å². The molecular weight excluding hydrogens is 210 g/mol. The molecule has 15 heavy (non-hydrogen) atoms. The van der Waals surface area contributed by atoms with Gasteiger partial charge in [0.15, 0.2) is 0 Å². The van der Waals surface area contributed by atoms with Crippen molar-refractivity contribution in [2.24, 2.45) is 0 Å². The lowest BCUT2D eigenvalue weighted by molar-refractivity contribution is 0.436. The van der Waals surface area contributed by atoms with Crippen LogP contribution in [-0.4, -0.2) is 13.7 Å². The molecule has 0 aliphatic carbocycles. The molecule has 84 valence electrons. The minimum atomic E-state index is -2.19. The van der Waals surface area contributed by atoms with Gasteiger partial charge < -0.3 is 4.55 Å². The molecule has 0 saturated carbocycles. The van der Waals surface area contributed by atoms with Crippen LogP contribution < -0.4 is 0 Å². The highest BCUT2D eigenvalue weighted by molar-refractivity contribution is 7.79. The number of pyridine rings is 1. The lowest BCUT2D eigenvalue weighted by Crippen LogP contribution is -2.20. The maximum atomic E-state index is 10.8. The van der Waals surface area contributed by atoms with Crippen LogP contribution in [0.3, 0.4) is 0 Å². The van der Waals surface area contributed by atoms with Gasteiger partial charge in [0.2, 0.25) is 0 Å². The first-order valence-corrected chi connectivity index (χ1v) is 6.15. The molecule has 0 bridgehead atoms. The molecule has 4 heteroatoms. The minimum Gasteiger partial charge on any atom is -0.768 e. The fraction of sp³-hybridized carbons (Fsp3) is 0.545. The van der Waals surface area contributed by atoms with E-state index in [0.29, 0.717) is 0 Å². The SMILES string of the molecule is CCC(C)(CC)c1cncc(S(=O)[O-])c1. The van der Waals surface area contributed by atoms with Gasteiger partial charge >= 0.3 is 0 Å². The van der Waals surface area contributed by atoms with Gasteiger partial charge in [0.1, 0.15) is 0 Å². The number of hydrogen-bond acceptors (Lipinski definition) is 3. The molecular formula is C11H16NO2S-. The summed E-state index contributed by atoms with van der Waals surface area (Å²) in [5.74, 6) is 0. The zero-order chi connectivity index (χ0) is 11.5. The van der Waals surface area contributed by atoms with Crippen molar-refractivity contribution in [3.05, 3.63) is 24.0 Å². The van der Waals surface area contributed by atoms with E-state index in [1.807, 2.05) is 0 Å². The Labute approximate surface area is 93.2 Å². The van der Waals surface area contributed by atoms with Crippen LogP contribution in [0.4, 0.5) is 0 Å². The van der Waals surface area contributed by atoms with Gasteiger partial charge in [-0.05, 0) is 41.0 Å². The lowest BCUT2D eigenvalue weighted by atomic mass is 9.79. The Kier molecular flexibility index (Phi) is 3.99. The van der Waals surface area contributed by atoms with Gasteiger partial charge in [-0.15, -0.1) is 0 Å². The summed E-state index contributed by atoms with van der Waals surface area (Å²) in [4.78, 5) is 4.24. The van der Waals surface area contributed by atoms with Gasteiger partial charge in [-0.2, -0.15) is 0 Å². The molecule has 1 atom stereocenters. The predicted octanol–water partition coefficient (Wildman–Crippen LogP) is 2.40. The number of aromatic nitrogens is 1. The Morgan fingerprint density at radius 1 is 1.40 bits per heavy atom. The summed E-state index contributed by atoms with van der Waals surface area (Å²) in [6.45, 7) is 6.33. The van der Waals surface area contributed by atoms with Gasteiger partial charge in [-0.25, -0.2) is 0 Å². The molecule has 0 amide bonds. The van der Waals surface area contributed by atoms with Crippen LogP contribution in [0.2, 0.25) is 0 Å². The maximum Gasteiger partial charge on any atom is 0.0435 e. The van der Waals surface area contributed by atoms with E-state index in [2.05, 4.69) is 25.8 Å². The van der Waals surface area contributed by atoms with Gasteiger partial charge in [-0.3, -0.25) is 9.19 Å². The average molecular weight is 226 g/mol. The second-order valence-electron chi connectivity index (χ2n) is 3.91. The summed E-state index contributed by atoms with van der Waals surface area (Å²) >= 11 is -2.19. The van der Waals surface area contributed by atoms with Crippen molar-refractivity contribution in [2.75, 3.05) is 0 Å². The Hall–Kier alpha value is -0.740. The molecule has 1 rings (SSSR count). The summed E-state index contributed by atoms with van der Waals surface area (Å²) in [6.07, 6.45) is 5.07. The zero-order valence-electron chi connectivity index (χ0n) is 9.32. The van der Waals surface area contributed by atoms with Crippen molar-refractivity contribution in [2.45, 2.75) is 43.9 Å². The van der Waals surface area contributed by atoms with Gasteiger partial charge in [0.25, 0.3) is 0 Å². The summed E-state index contributed by atoms with van der Waals surface area (Å²) in [7, 11) is 0. The van der Waals surface area contributed by atoms with Crippen LogP contribution in [-0.2, 0) is 16.5 Å². The molecule has 1 unspecified atom stereocenters. The summed E-state index contributed by atoms with van der Waals surface area (Å²) < 4.78 is 21.6. The van der Waals surface area contributed by atoms with Crippen LogP contribution in [0.25, 0.3) is 0 Å². The molecule has 0 aliphatic rings. The van der Waals surface area contributed by atoms with E-state index in [1.165, 1.54) is 6.20 Å². The summed E-state index contributed by atoms with van der Waals surface area (Å²) in [6, 6.07) is 1.71. The Balaban J connectivity index is 3.14. The molecule has 1 aromatic heterocycles. The third kappa shape index (κ3) is 2.63. The van der Waals surface area contributed by atoms with Gasteiger partial charge in [-0.1, -0.05) is 20.8 Å². The number of hydrogen-bond donors (Lipinski definition) is 0. The van der Waals surface area contributed by atoms with E-state index in [4.69, 9.17) is 0 Å². The van der Waals surface area contributed by atoms with E-state index in [-0.39, 0.29) is 10.3 Å². The van der Waals surface area contributed by atoms with Crippen molar-refractivity contribution in [3.63, 3.8) is 0 Å². The quantitative estimate of drug-likeness (QED) is 0.741. The maximum absolute atomic E-state index is 10.8. The van der Waals surface area contributed by atoms with Gasteiger partial charge in [0.05, 0.1) is 0 Å². The monoisotopic (exact) mass is 226 g/mol. The zero-order valence-corrected chi connectivity index (χ0v) is 10.1. The van der Waals surface area contributed by atoms with E-state index in [1.54, 1.807) is 12.3 Å². The average Bonchev–Trinajstić information content (AvgIpc) is 2.28. The van der Waals surface area contributed by atoms with Crippen molar-refractivity contribution in [1.82, 2.24) is 4.98 Å². The van der Waals surface area contributed by atoms with Crippen molar-refractivity contribution in [3.8, 4) is 0 Å². The first-order valence-electron chi connectivity index (χ1n) is 5.08. The molecule has 0 fully saturated rings. The first-order chi connectivity index (χ1) is 7.03. The van der Waals surface area contributed by atoms with Crippen LogP contribution >= 0.6 is 0 Å². The van der Waals surface area contributed by atoms with Gasteiger partial charge in [0, 0.05) is 17.3 Å². The predicted molar refractivity (Wildman–Crippen MR) is 59.4 cm³/mol. The lowest BCUT2D eigenvalue weighted by Gasteiger charge is -2.27. The highest BCUT2D eigenvalue weighted by Crippen LogP contribution is 2.30. The number of rotatable bonds is 4. The van der Waals surface area contributed by atoms with Crippen molar-refractivity contribution in [1.29, 1.82) is 0 Å². The second-order valence-corrected chi connectivity index (χ2v) is 4.85. The normalized spacial score (nSPS) is 13.9. The molecule has 1 aromatic rings. The second kappa shape index (κ2) is 4.86. The standard InChI is InChI=1S/C11H17NO2S/c1-4-11(3,5-2)9-6-10(15(13)14)8-12-7-9/h6-8H,4-5H2,1-3H3,(H,13,14)/p-1. The molecule has 1 heterocycles. The first kappa shape index (κ1) is 12.3. The third-order valence-electron chi connectivity index (χ3n) is 3.16. The van der Waals surface area contributed by atoms with Crippen LogP contribution in [0, 0.1) is 0 Å². The number of nitrogens with zero attached hydrogens (tertiary/aromatic N) is 1. The molecule has 0 aliphatic heterocycles. The Bertz CT molecular complexity index is 361. The molecule has 0 aromatic carbocycles. The Morgan fingerprint density at radius 3 is 2.47 bits per heavy atom. The summed E-state index contributed by atoms with van der Waals surface area (Å²) in [5.41, 5.74) is 1.01. The van der Waals surface area contributed by atoms with E-state index < -0.39 is 11.1 Å².